The van der Waals surface area contributed by atoms with Crippen LogP contribution >= 0.6 is 11.6 Å². The minimum Gasteiger partial charge on any atom is -0.467 e. The second-order valence-corrected chi connectivity index (χ2v) is 10.8. The molecule has 0 aliphatic carbocycles. The van der Waals surface area contributed by atoms with E-state index < -0.39 is 11.7 Å². The first kappa shape index (κ1) is 32.3. The van der Waals surface area contributed by atoms with Crippen LogP contribution < -0.4 is 14.5 Å². The lowest BCUT2D eigenvalue weighted by Crippen LogP contribution is -2.55. The van der Waals surface area contributed by atoms with Crippen molar-refractivity contribution in [2.45, 2.75) is 31.6 Å². The van der Waals surface area contributed by atoms with Gasteiger partial charge in [0.05, 0.1) is 60.8 Å². The number of carbonyl (C=O) groups excluding carboxylic acids is 1. The van der Waals surface area contributed by atoms with Crippen molar-refractivity contribution >= 4 is 29.0 Å². The maximum Gasteiger partial charge on any atom is 0.419 e. The van der Waals surface area contributed by atoms with Gasteiger partial charge in [-0.1, -0.05) is 23.7 Å². The Morgan fingerprint density at radius 1 is 1.23 bits per heavy atom. The van der Waals surface area contributed by atoms with Gasteiger partial charge in [-0.05, 0) is 25.6 Å². The number of likely N-dealkylation sites (N-methyl/N-ethyl adjacent to an activating group) is 1. The summed E-state index contributed by atoms with van der Waals surface area (Å²) < 4.78 is 52.1. The lowest BCUT2D eigenvalue weighted by Gasteiger charge is -2.42. The van der Waals surface area contributed by atoms with Crippen molar-refractivity contribution in [3.05, 3.63) is 52.2 Å². The number of ether oxygens (including phenoxy) is 2. The second-order valence-electron chi connectivity index (χ2n) is 10.4. The largest absolute Gasteiger partial charge is 0.467 e. The first-order chi connectivity index (χ1) is 20.6. The molecule has 1 amide bonds. The first-order valence-corrected chi connectivity index (χ1v) is 14.3. The Kier molecular flexibility index (Phi) is 10.7. The van der Waals surface area contributed by atoms with E-state index in [0.29, 0.717) is 57.3 Å². The molecule has 14 heteroatoms. The number of piperazine rings is 1. The molecule has 0 spiro atoms. The van der Waals surface area contributed by atoms with Crippen molar-refractivity contribution in [1.29, 1.82) is 5.26 Å². The van der Waals surface area contributed by atoms with E-state index in [1.807, 2.05) is 16.8 Å². The highest BCUT2D eigenvalue weighted by atomic mass is 35.5. The number of halogens is 4. The summed E-state index contributed by atoms with van der Waals surface area (Å²) in [4.78, 5) is 29.5. The zero-order chi connectivity index (χ0) is 31.1. The number of anilines is 2. The number of benzene rings is 1. The average molecular weight is 622 g/mol. The van der Waals surface area contributed by atoms with Gasteiger partial charge in [0.1, 0.15) is 5.82 Å². The van der Waals surface area contributed by atoms with Gasteiger partial charge in [-0.3, -0.25) is 4.79 Å². The SMILES string of the molecule is COCCN(C)C/C=C/C(=O)N1CCN(c2nc(OC)nc3c2CCN(c2cccc(Cl)c2C(F)(F)F)C3)C[C@@H]1CC#N. The third kappa shape index (κ3) is 7.68. The molecule has 10 nitrogen and oxygen atoms in total. The van der Waals surface area contributed by atoms with Crippen LogP contribution in [0, 0.1) is 11.3 Å². The third-order valence-electron chi connectivity index (χ3n) is 7.57. The molecular formula is C29H35ClF3N7O3. The van der Waals surface area contributed by atoms with Crippen LogP contribution in [0.5, 0.6) is 6.01 Å². The van der Waals surface area contributed by atoms with E-state index in [9.17, 15) is 23.2 Å². The summed E-state index contributed by atoms with van der Waals surface area (Å²) in [5, 5.41) is 9.17. The minimum absolute atomic E-state index is 0.0102. The Balaban J connectivity index is 1.55. The molecule has 0 bridgehead atoms. The summed E-state index contributed by atoms with van der Waals surface area (Å²) in [5.41, 5.74) is 0.472. The van der Waals surface area contributed by atoms with E-state index in [1.165, 1.54) is 25.3 Å². The third-order valence-corrected chi connectivity index (χ3v) is 7.88. The highest BCUT2D eigenvalue weighted by Gasteiger charge is 2.39. The van der Waals surface area contributed by atoms with Crippen LogP contribution in [0.1, 0.15) is 23.2 Å². The summed E-state index contributed by atoms with van der Waals surface area (Å²) in [6.45, 7) is 3.51. The van der Waals surface area contributed by atoms with Crippen LogP contribution in [-0.2, 0) is 28.7 Å². The molecule has 2 aliphatic rings. The number of hydrogen-bond acceptors (Lipinski definition) is 9. The number of nitriles is 1. The maximum atomic E-state index is 13.9. The van der Waals surface area contributed by atoms with E-state index in [-0.39, 0.29) is 41.6 Å². The molecule has 1 fully saturated rings. The maximum absolute atomic E-state index is 13.9. The predicted octanol–water partition coefficient (Wildman–Crippen LogP) is 3.79. The van der Waals surface area contributed by atoms with Crippen LogP contribution in [-0.4, -0.2) is 98.9 Å². The molecule has 3 heterocycles. The fourth-order valence-electron chi connectivity index (χ4n) is 5.39. The Hall–Kier alpha value is -3.60. The molecule has 1 aromatic heterocycles. The topological polar surface area (TPSA) is 98.1 Å². The number of amides is 1. The molecule has 43 heavy (non-hydrogen) atoms. The number of rotatable bonds is 10. The van der Waals surface area contributed by atoms with Gasteiger partial charge >= 0.3 is 12.2 Å². The molecule has 2 aliphatic heterocycles. The lowest BCUT2D eigenvalue weighted by atomic mass is 10.0. The quantitative estimate of drug-likeness (QED) is 0.367. The summed E-state index contributed by atoms with van der Waals surface area (Å²) in [6, 6.07) is 6.05. The molecular weight excluding hydrogens is 587 g/mol. The minimum atomic E-state index is -4.62. The van der Waals surface area contributed by atoms with Gasteiger partial charge < -0.3 is 29.1 Å². The van der Waals surface area contributed by atoms with Gasteiger partial charge in [-0.15, -0.1) is 0 Å². The van der Waals surface area contributed by atoms with Crippen molar-refractivity contribution in [1.82, 2.24) is 19.8 Å². The number of carbonyl (C=O) groups is 1. The summed E-state index contributed by atoms with van der Waals surface area (Å²) in [6.07, 6.45) is -0.755. The summed E-state index contributed by atoms with van der Waals surface area (Å²) >= 11 is 5.98. The lowest BCUT2D eigenvalue weighted by molar-refractivity contribution is -0.137. The van der Waals surface area contributed by atoms with Gasteiger partial charge in [-0.25, -0.2) is 0 Å². The van der Waals surface area contributed by atoms with Gasteiger partial charge in [0.15, 0.2) is 0 Å². The van der Waals surface area contributed by atoms with Crippen LogP contribution in [0.15, 0.2) is 30.4 Å². The van der Waals surface area contributed by atoms with Crippen molar-refractivity contribution in [2.75, 3.05) is 76.9 Å². The van der Waals surface area contributed by atoms with Gasteiger partial charge in [-0.2, -0.15) is 28.4 Å². The van der Waals surface area contributed by atoms with Crippen molar-refractivity contribution in [3.63, 3.8) is 0 Å². The highest BCUT2D eigenvalue weighted by Crippen LogP contribution is 2.43. The Bertz CT molecular complexity index is 1370. The van der Waals surface area contributed by atoms with E-state index in [2.05, 4.69) is 16.0 Å². The van der Waals surface area contributed by atoms with Crippen LogP contribution in [0.25, 0.3) is 0 Å². The molecule has 232 valence electrons. The molecule has 2 aromatic rings. The predicted molar refractivity (Wildman–Crippen MR) is 156 cm³/mol. The summed E-state index contributed by atoms with van der Waals surface area (Å²) in [5.74, 6) is 0.439. The van der Waals surface area contributed by atoms with E-state index >= 15 is 0 Å². The number of nitrogens with zero attached hydrogens (tertiary/aromatic N) is 7. The highest BCUT2D eigenvalue weighted by molar-refractivity contribution is 6.31. The van der Waals surface area contributed by atoms with Crippen molar-refractivity contribution in [2.24, 2.45) is 0 Å². The van der Waals surface area contributed by atoms with Gasteiger partial charge in [0.25, 0.3) is 0 Å². The first-order valence-electron chi connectivity index (χ1n) is 13.9. The Morgan fingerprint density at radius 2 is 2.02 bits per heavy atom. The zero-order valence-corrected chi connectivity index (χ0v) is 25.2. The van der Waals surface area contributed by atoms with E-state index in [0.717, 1.165) is 12.1 Å². The Morgan fingerprint density at radius 3 is 2.72 bits per heavy atom. The van der Waals surface area contributed by atoms with E-state index in [4.69, 9.17) is 21.1 Å². The number of fused-ring (bicyclic) bond motifs is 1. The summed E-state index contributed by atoms with van der Waals surface area (Å²) in [7, 11) is 5.00. The smallest absolute Gasteiger partial charge is 0.419 e. The van der Waals surface area contributed by atoms with E-state index in [1.54, 1.807) is 29.1 Å². The van der Waals surface area contributed by atoms with Gasteiger partial charge in [0, 0.05) is 58.0 Å². The normalized spacial score (nSPS) is 17.4. The molecule has 4 rings (SSSR count). The Labute approximate surface area is 254 Å². The van der Waals surface area contributed by atoms with Crippen molar-refractivity contribution < 1.29 is 27.4 Å². The number of aromatic nitrogens is 2. The number of methoxy groups -OCH3 is 2. The van der Waals surface area contributed by atoms with Crippen molar-refractivity contribution in [3.8, 4) is 12.1 Å². The molecule has 1 atom stereocenters. The number of alkyl halides is 3. The molecule has 0 unspecified atom stereocenters. The fourth-order valence-corrected chi connectivity index (χ4v) is 5.67. The van der Waals surface area contributed by atoms with Crippen LogP contribution in [0.2, 0.25) is 5.02 Å². The van der Waals surface area contributed by atoms with Crippen LogP contribution in [0.4, 0.5) is 24.7 Å². The molecule has 1 saturated heterocycles. The average Bonchev–Trinajstić information content (AvgIpc) is 2.98. The molecule has 0 radical (unpaired) electrons. The molecule has 0 N–H and O–H groups in total. The molecule has 0 saturated carbocycles. The second kappa shape index (κ2) is 14.2. The van der Waals surface area contributed by atoms with Crippen LogP contribution in [0.3, 0.4) is 0 Å². The molecule has 1 aromatic carbocycles. The van der Waals surface area contributed by atoms with Gasteiger partial charge in [0.2, 0.25) is 5.91 Å². The monoisotopic (exact) mass is 621 g/mol. The zero-order valence-electron chi connectivity index (χ0n) is 24.4. The standard InChI is InChI=1S/C29H35ClF3N7O3/c1-37(16-17-42-2)12-5-8-25(41)40-15-14-39(18-20(40)9-11-34)27-21-10-13-38(19-23(21)35-28(36-27)43-3)24-7-4-6-22(30)26(24)29(31,32)33/h4-8,20H,9-10,12-19H2,1-3H3/b8-5+/t20-/m0/s1. The number of hydrogen-bond donors (Lipinski definition) is 0. The fraction of sp³-hybridized carbons (Fsp3) is 0.517.